The number of nitrogens with zero attached hydrogens (tertiary/aromatic N) is 3. The van der Waals surface area contributed by atoms with Gasteiger partial charge in [0.15, 0.2) is 0 Å². The molecule has 6 nitrogen and oxygen atoms in total. The smallest absolute Gasteiger partial charge is 0.317 e. The highest BCUT2D eigenvalue weighted by Crippen LogP contribution is 2.36. The molecule has 0 spiro atoms. The molecule has 1 aromatic heterocycles. The van der Waals surface area contributed by atoms with Crippen LogP contribution < -0.4 is 5.32 Å². The van der Waals surface area contributed by atoms with Crippen LogP contribution in [0.4, 0.5) is 4.79 Å². The molecule has 2 fully saturated rings. The molecule has 2 aliphatic rings. The Bertz CT molecular complexity index is 494. The van der Waals surface area contributed by atoms with Crippen LogP contribution in [0.5, 0.6) is 0 Å². The van der Waals surface area contributed by atoms with E-state index in [0.29, 0.717) is 5.92 Å². The van der Waals surface area contributed by atoms with Crippen LogP contribution in [0.3, 0.4) is 0 Å². The Hall–Kier alpha value is -1.56. The molecule has 2 atom stereocenters. The van der Waals surface area contributed by atoms with Crippen molar-refractivity contribution in [3.8, 4) is 0 Å². The minimum absolute atomic E-state index is 0.0889. The van der Waals surface area contributed by atoms with Crippen LogP contribution in [0.1, 0.15) is 24.8 Å². The van der Waals surface area contributed by atoms with Crippen LogP contribution in [0.25, 0.3) is 0 Å². The van der Waals surface area contributed by atoms with Gasteiger partial charge >= 0.3 is 6.03 Å². The number of piperazine rings is 1. The van der Waals surface area contributed by atoms with E-state index in [4.69, 9.17) is 4.52 Å². The number of hydrogen-bond acceptors (Lipinski definition) is 4. The van der Waals surface area contributed by atoms with Gasteiger partial charge in [-0.2, -0.15) is 0 Å². The first-order valence-corrected chi connectivity index (χ1v) is 7.79. The zero-order valence-electron chi connectivity index (χ0n) is 12.8. The highest BCUT2D eigenvalue weighted by molar-refractivity contribution is 5.74. The monoisotopic (exact) mass is 292 g/mol. The van der Waals surface area contributed by atoms with Crippen molar-refractivity contribution in [3.05, 3.63) is 17.5 Å². The molecule has 0 aromatic carbocycles. The van der Waals surface area contributed by atoms with E-state index in [-0.39, 0.29) is 6.03 Å². The molecule has 6 heteroatoms. The Morgan fingerprint density at radius 3 is 2.71 bits per heavy atom. The fraction of sp³-hybridized carbons (Fsp3) is 0.733. The molecule has 116 valence electrons. The van der Waals surface area contributed by atoms with Crippen molar-refractivity contribution in [1.82, 2.24) is 20.3 Å². The first-order valence-electron chi connectivity index (χ1n) is 7.79. The predicted octanol–water partition coefficient (Wildman–Crippen LogP) is 1.47. The zero-order valence-corrected chi connectivity index (χ0v) is 12.8. The quantitative estimate of drug-likeness (QED) is 0.913. The van der Waals surface area contributed by atoms with Crippen LogP contribution in [0.15, 0.2) is 10.6 Å². The molecule has 3 rings (SSSR count). The third-order valence-electron chi connectivity index (χ3n) is 4.51. The first kappa shape index (κ1) is 14.4. The van der Waals surface area contributed by atoms with Gasteiger partial charge in [0.1, 0.15) is 5.76 Å². The number of carbonyl (C=O) groups is 1. The molecule has 0 unspecified atom stereocenters. The van der Waals surface area contributed by atoms with Crippen LogP contribution >= 0.6 is 0 Å². The Morgan fingerprint density at radius 1 is 1.43 bits per heavy atom. The average molecular weight is 292 g/mol. The number of aryl methyl sites for hydroxylation is 1. The van der Waals surface area contributed by atoms with Crippen molar-refractivity contribution >= 4 is 6.03 Å². The number of carbonyl (C=O) groups excluding carboxylic acids is 1. The summed E-state index contributed by atoms with van der Waals surface area (Å²) in [5.74, 6) is 2.33. The maximum atomic E-state index is 12.1. The van der Waals surface area contributed by atoms with Crippen LogP contribution in [0, 0.1) is 18.8 Å². The van der Waals surface area contributed by atoms with Crippen molar-refractivity contribution in [3.63, 3.8) is 0 Å². The van der Waals surface area contributed by atoms with E-state index in [1.54, 1.807) is 0 Å². The lowest BCUT2D eigenvalue weighted by atomic mass is 10.3. The zero-order chi connectivity index (χ0) is 14.8. The summed E-state index contributed by atoms with van der Waals surface area (Å²) >= 11 is 0. The van der Waals surface area contributed by atoms with E-state index in [1.165, 1.54) is 6.42 Å². The molecular weight excluding hydrogens is 268 g/mol. The fourth-order valence-electron chi connectivity index (χ4n) is 2.84. The SMILES string of the molecule is Cc1cc(CN2CCN(C(=O)NC[C@H]3C[C@@H]3C)CC2)no1. The molecule has 1 saturated carbocycles. The lowest BCUT2D eigenvalue weighted by Crippen LogP contribution is -2.51. The summed E-state index contributed by atoms with van der Waals surface area (Å²) in [6, 6.07) is 2.06. The minimum atomic E-state index is 0.0889. The number of rotatable bonds is 4. The second-order valence-electron chi connectivity index (χ2n) is 6.35. The van der Waals surface area contributed by atoms with Gasteiger partial charge in [-0.1, -0.05) is 12.1 Å². The number of hydrogen-bond donors (Lipinski definition) is 1. The van der Waals surface area contributed by atoms with Gasteiger partial charge < -0.3 is 14.7 Å². The first-order chi connectivity index (χ1) is 10.1. The van der Waals surface area contributed by atoms with E-state index in [1.807, 2.05) is 17.9 Å². The number of aromatic nitrogens is 1. The fourth-order valence-corrected chi connectivity index (χ4v) is 2.84. The van der Waals surface area contributed by atoms with Gasteiger partial charge in [-0.3, -0.25) is 4.90 Å². The van der Waals surface area contributed by atoms with Gasteiger partial charge in [-0.25, -0.2) is 4.79 Å². The number of urea groups is 1. The molecule has 1 N–H and O–H groups in total. The molecule has 1 aromatic rings. The van der Waals surface area contributed by atoms with Gasteiger partial charge in [0.2, 0.25) is 0 Å². The van der Waals surface area contributed by atoms with Crippen LogP contribution in [0.2, 0.25) is 0 Å². The number of nitrogens with one attached hydrogen (secondary N) is 1. The van der Waals surface area contributed by atoms with Crippen molar-refractivity contribution in [1.29, 1.82) is 0 Å². The second kappa shape index (κ2) is 6.05. The molecule has 1 aliphatic carbocycles. The van der Waals surface area contributed by atoms with Crippen molar-refractivity contribution in [2.24, 2.45) is 11.8 Å². The Balaban J connectivity index is 1.39. The lowest BCUT2D eigenvalue weighted by Gasteiger charge is -2.34. The van der Waals surface area contributed by atoms with E-state index >= 15 is 0 Å². The average Bonchev–Trinajstić information content (AvgIpc) is 3.03. The van der Waals surface area contributed by atoms with Crippen molar-refractivity contribution in [2.45, 2.75) is 26.8 Å². The predicted molar refractivity (Wildman–Crippen MR) is 78.8 cm³/mol. The van der Waals surface area contributed by atoms with Crippen LogP contribution in [-0.4, -0.2) is 53.7 Å². The van der Waals surface area contributed by atoms with E-state index in [9.17, 15) is 4.79 Å². The summed E-state index contributed by atoms with van der Waals surface area (Å²) in [4.78, 5) is 16.3. The molecule has 2 amide bonds. The summed E-state index contributed by atoms with van der Waals surface area (Å²) < 4.78 is 5.08. The molecule has 1 saturated heterocycles. The Labute approximate surface area is 125 Å². The van der Waals surface area contributed by atoms with E-state index in [0.717, 1.165) is 56.6 Å². The maximum absolute atomic E-state index is 12.1. The summed E-state index contributed by atoms with van der Waals surface area (Å²) in [6.07, 6.45) is 1.26. The summed E-state index contributed by atoms with van der Waals surface area (Å²) in [5.41, 5.74) is 0.966. The Kier molecular flexibility index (Phi) is 4.14. The van der Waals surface area contributed by atoms with Crippen molar-refractivity contribution in [2.75, 3.05) is 32.7 Å². The van der Waals surface area contributed by atoms with E-state index < -0.39 is 0 Å². The van der Waals surface area contributed by atoms with Gasteiger partial charge in [0.05, 0.1) is 5.69 Å². The largest absolute Gasteiger partial charge is 0.361 e. The molecule has 1 aliphatic heterocycles. The van der Waals surface area contributed by atoms with Gasteiger partial charge in [0.25, 0.3) is 0 Å². The normalized spacial score (nSPS) is 25.9. The third-order valence-corrected chi connectivity index (χ3v) is 4.51. The molecule has 2 heterocycles. The third kappa shape index (κ3) is 3.75. The molecular formula is C15H24N4O2. The lowest BCUT2D eigenvalue weighted by molar-refractivity contribution is 0.133. The van der Waals surface area contributed by atoms with Gasteiger partial charge in [-0.05, 0) is 25.2 Å². The van der Waals surface area contributed by atoms with E-state index in [2.05, 4.69) is 22.3 Å². The highest BCUT2D eigenvalue weighted by atomic mass is 16.5. The second-order valence-corrected chi connectivity index (χ2v) is 6.35. The topological polar surface area (TPSA) is 61.6 Å². The standard InChI is InChI=1S/C15H24N4O2/c1-11-7-13(11)9-16-15(20)19-5-3-18(4-6-19)10-14-8-12(2)21-17-14/h8,11,13H,3-7,9-10H2,1-2H3,(H,16,20)/t11-,13+/m0/s1. The van der Waals surface area contributed by atoms with Gasteiger partial charge in [-0.15, -0.1) is 0 Å². The molecule has 21 heavy (non-hydrogen) atoms. The highest BCUT2D eigenvalue weighted by Gasteiger charge is 2.33. The van der Waals surface area contributed by atoms with Gasteiger partial charge in [0, 0.05) is 45.3 Å². The number of amides is 2. The molecule has 0 radical (unpaired) electrons. The van der Waals surface area contributed by atoms with Crippen molar-refractivity contribution < 1.29 is 9.32 Å². The summed E-state index contributed by atoms with van der Waals surface area (Å²) in [5, 5.41) is 7.07. The minimum Gasteiger partial charge on any atom is -0.361 e. The Morgan fingerprint density at radius 2 is 2.14 bits per heavy atom. The summed E-state index contributed by atoms with van der Waals surface area (Å²) in [7, 11) is 0. The van der Waals surface area contributed by atoms with Crippen LogP contribution in [-0.2, 0) is 6.54 Å². The summed E-state index contributed by atoms with van der Waals surface area (Å²) in [6.45, 7) is 9.11. The molecule has 0 bridgehead atoms. The maximum Gasteiger partial charge on any atom is 0.317 e.